The summed E-state index contributed by atoms with van der Waals surface area (Å²) in [7, 11) is 1.58. The van der Waals surface area contributed by atoms with E-state index in [2.05, 4.69) is 6.92 Å². The first kappa shape index (κ1) is 29.5. The molecule has 2 amide bonds. The lowest BCUT2D eigenvalue weighted by atomic mass is 10.0. The SMILES string of the molecule is CCCCCCc1ccc(C(=O)N(CCOC)CC(=O)N(Cc2ccc(F)cc2)Cc2sccc2C)cc1. The minimum atomic E-state index is -0.316. The lowest BCUT2D eigenvalue weighted by Gasteiger charge is -2.28. The molecule has 0 aliphatic rings. The Hall–Kier alpha value is -3.03. The number of ether oxygens (including phenoxy) is 1. The van der Waals surface area contributed by atoms with Crippen molar-refractivity contribution in [1.82, 2.24) is 9.80 Å². The summed E-state index contributed by atoms with van der Waals surface area (Å²) in [4.78, 5) is 31.4. The van der Waals surface area contributed by atoms with Gasteiger partial charge in [0, 0.05) is 30.6 Å². The highest BCUT2D eigenvalue weighted by Crippen LogP contribution is 2.20. The molecule has 0 atom stereocenters. The van der Waals surface area contributed by atoms with Crippen molar-refractivity contribution >= 4 is 23.2 Å². The number of rotatable bonds is 15. The second kappa shape index (κ2) is 15.4. The fourth-order valence-corrected chi connectivity index (χ4v) is 5.17. The molecule has 0 fully saturated rings. The lowest BCUT2D eigenvalue weighted by molar-refractivity contribution is -0.133. The number of hydrogen-bond acceptors (Lipinski definition) is 4. The van der Waals surface area contributed by atoms with Gasteiger partial charge in [-0.3, -0.25) is 9.59 Å². The number of thiophene rings is 1. The zero-order valence-corrected chi connectivity index (χ0v) is 23.6. The first-order chi connectivity index (χ1) is 18.4. The topological polar surface area (TPSA) is 49.9 Å². The highest BCUT2D eigenvalue weighted by molar-refractivity contribution is 7.10. The standard InChI is InChI=1S/C31H39FN2O3S/c1-4-5-6-7-8-25-9-13-27(14-10-25)31(36)33(18-19-37-3)23-30(35)34(22-29-24(2)17-20-38-29)21-26-11-15-28(32)16-12-26/h9-17,20H,4-8,18-19,21-23H2,1-3H3. The molecule has 204 valence electrons. The predicted octanol–water partition coefficient (Wildman–Crippen LogP) is 6.64. The van der Waals surface area contributed by atoms with E-state index in [1.54, 1.807) is 40.4 Å². The summed E-state index contributed by atoms with van der Waals surface area (Å²) in [5.74, 6) is -0.676. The molecule has 0 radical (unpaired) electrons. The van der Waals surface area contributed by atoms with E-state index >= 15 is 0 Å². The van der Waals surface area contributed by atoms with Crippen LogP contribution in [0.15, 0.2) is 60.0 Å². The largest absolute Gasteiger partial charge is 0.383 e. The van der Waals surface area contributed by atoms with Crippen LogP contribution in [0.3, 0.4) is 0 Å². The number of nitrogens with zero attached hydrogens (tertiary/aromatic N) is 2. The van der Waals surface area contributed by atoms with E-state index in [0.29, 0.717) is 31.8 Å². The van der Waals surface area contributed by atoms with Crippen molar-refractivity contribution in [3.63, 3.8) is 0 Å². The molecule has 0 aliphatic heterocycles. The third-order valence-corrected chi connectivity index (χ3v) is 7.65. The molecule has 3 rings (SSSR count). The number of amides is 2. The highest BCUT2D eigenvalue weighted by atomic mass is 32.1. The monoisotopic (exact) mass is 538 g/mol. The maximum Gasteiger partial charge on any atom is 0.254 e. The zero-order valence-electron chi connectivity index (χ0n) is 22.7. The van der Waals surface area contributed by atoms with Crippen LogP contribution in [-0.2, 0) is 29.0 Å². The quantitative estimate of drug-likeness (QED) is 0.204. The molecular formula is C31H39FN2O3S. The summed E-state index contributed by atoms with van der Waals surface area (Å²) >= 11 is 1.60. The van der Waals surface area contributed by atoms with Crippen LogP contribution in [0.5, 0.6) is 0 Å². The van der Waals surface area contributed by atoms with Gasteiger partial charge >= 0.3 is 0 Å². The van der Waals surface area contributed by atoms with Crippen LogP contribution in [-0.4, -0.2) is 48.4 Å². The summed E-state index contributed by atoms with van der Waals surface area (Å²) in [6.45, 7) is 5.56. The normalized spacial score (nSPS) is 10.9. The van der Waals surface area contributed by atoms with E-state index in [9.17, 15) is 14.0 Å². The predicted molar refractivity (Wildman–Crippen MR) is 152 cm³/mol. The highest BCUT2D eigenvalue weighted by Gasteiger charge is 2.23. The Bertz CT molecular complexity index is 1140. The summed E-state index contributed by atoms with van der Waals surface area (Å²) in [6.07, 6.45) is 5.80. The molecule has 38 heavy (non-hydrogen) atoms. The van der Waals surface area contributed by atoms with Crippen LogP contribution in [0.1, 0.15) is 64.5 Å². The minimum Gasteiger partial charge on any atom is -0.383 e. The van der Waals surface area contributed by atoms with Gasteiger partial charge in [0.05, 0.1) is 13.2 Å². The van der Waals surface area contributed by atoms with E-state index in [4.69, 9.17) is 4.74 Å². The third-order valence-electron chi connectivity index (χ3n) is 6.64. The first-order valence-electron chi connectivity index (χ1n) is 13.3. The van der Waals surface area contributed by atoms with Gasteiger partial charge in [0.25, 0.3) is 5.91 Å². The number of carbonyl (C=O) groups is 2. The van der Waals surface area contributed by atoms with Crippen LogP contribution >= 0.6 is 11.3 Å². The summed E-state index contributed by atoms with van der Waals surface area (Å²) < 4.78 is 18.7. The number of aryl methyl sites for hydroxylation is 2. The molecule has 1 heterocycles. The van der Waals surface area contributed by atoms with E-state index < -0.39 is 0 Å². The molecule has 1 aromatic heterocycles. The van der Waals surface area contributed by atoms with Gasteiger partial charge in [-0.05, 0) is 72.2 Å². The van der Waals surface area contributed by atoms with Crippen molar-refractivity contribution in [2.45, 2.75) is 59.0 Å². The van der Waals surface area contributed by atoms with Crippen LogP contribution in [0.4, 0.5) is 4.39 Å². The Labute approximate surface area is 230 Å². The van der Waals surface area contributed by atoms with Gasteiger partial charge in [0.2, 0.25) is 5.91 Å². The van der Waals surface area contributed by atoms with Crippen LogP contribution in [0, 0.1) is 12.7 Å². The Balaban J connectivity index is 1.74. The fourth-order valence-electron chi connectivity index (χ4n) is 4.25. The number of unbranched alkanes of at least 4 members (excludes halogenated alkanes) is 3. The molecule has 0 saturated heterocycles. The van der Waals surface area contributed by atoms with E-state index in [1.165, 1.54) is 37.0 Å². The number of carbonyl (C=O) groups excluding carboxylic acids is 2. The van der Waals surface area contributed by atoms with Gasteiger partial charge in [-0.1, -0.05) is 50.5 Å². The van der Waals surface area contributed by atoms with E-state index in [0.717, 1.165) is 28.8 Å². The van der Waals surface area contributed by atoms with Crippen LogP contribution in [0.25, 0.3) is 0 Å². The van der Waals surface area contributed by atoms with E-state index in [1.807, 2.05) is 42.6 Å². The maximum atomic E-state index is 13.6. The van der Waals surface area contributed by atoms with Crippen molar-refractivity contribution in [3.05, 3.63) is 92.9 Å². The Morgan fingerprint density at radius 2 is 1.61 bits per heavy atom. The summed E-state index contributed by atoms with van der Waals surface area (Å²) in [5, 5.41) is 2.01. The van der Waals surface area contributed by atoms with Crippen molar-refractivity contribution in [2.75, 3.05) is 26.8 Å². The number of halogens is 1. The molecule has 3 aromatic rings. The summed E-state index contributed by atoms with van der Waals surface area (Å²) in [5.41, 5.74) is 3.73. The average Bonchev–Trinajstić information content (AvgIpc) is 3.33. The first-order valence-corrected chi connectivity index (χ1v) is 14.2. The third kappa shape index (κ3) is 9.07. The van der Waals surface area contributed by atoms with Crippen molar-refractivity contribution < 1.29 is 18.7 Å². The average molecular weight is 539 g/mol. The molecule has 0 unspecified atom stereocenters. The van der Waals surface area contributed by atoms with Gasteiger partial charge in [-0.15, -0.1) is 11.3 Å². The molecule has 2 aromatic carbocycles. The minimum absolute atomic E-state index is 0.0629. The second-order valence-electron chi connectivity index (χ2n) is 9.63. The molecular weight excluding hydrogens is 499 g/mol. The Morgan fingerprint density at radius 3 is 2.24 bits per heavy atom. The lowest BCUT2D eigenvalue weighted by Crippen LogP contribution is -2.43. The molecule has 0 N–H and O–H groups in total. The molecule has 7 heteroatoms. The van der Waals surface area contributed by atoms with Crippen molar-refractivity contribution in [3.8, 4) is 0 Å². The molecule has 0 saturated carbocycles. The number of hydrogen-bond donors (Lipinski definition) is 0. The molecule has 0 aliphatic carbocycles. The Kier molecular flexibility index (Phi) is 12.0. The van der Waals surface area contributed by atoms with Gasteiger partial charge in [0.15, 0.2) is 0 Å². The Morgan fingerprint density at radius 1 is 0.895 bits per heavy atom. The fraction of sp³-hybridized carbons (Fsp3) is 0.419. The number of benzene rings is 2. The van der Waals surface area contributed by atoms with Gasteiger partial charge in [0.1, 0.15) is 12.4 Å². The van der Waals surface area contributed by atoms with Crippen LogP contribution < -0.4 is 0 Å². The second-order valence-corrected chi connectivity index (χ2v) is 10.6. The maximum absolute atomic E-state index is 13.6. The van der Waals surface area contributed by atoms with Crippen LogP contribution in [0.2, 0.25) is 0 Å². The van der Waals surface area contributed by atoms with Gasteiger partial charge in [-0.25, -0.2) is 4.39 Å². The number of methoxy groups -OCH3 is 1. The smallest absolute Gasteiger partial charge is 0.254 e. The summed E-state index contributed by atoms with van der Waals surface area (Å²) in [6, 6.07) is 15.9. The van der Waals surface area contributed by atoms with Crippen molar-refractivity contribution in [2.24, 2.45) is 0 Å². The molecule has 0 bridgehead atoms. The zero-order chi connectivity index (χ0) is 27.3. The van der Waals surface area contributed by atoms with Crippen molar-refractivity contribution in [1.29, 1.82) is 0 Å². The van der Waals surface area contributed by atoms with E-state index in [-0.39, 0.29) is 24.2 Å². The van der Waals surface area contributed by atoms with Gasteiger partial charge < -0.3 is 14.5 Å². The van der Waals surface area contributed by atoms with Gasteiger partial charge in [-0.2, -0.15) is 0 Å². The molecule has 5 nitrogen and oxygen atoms in total. The molecule has 0 spiro atoms.